The lowest BCUT2D eigenvalue weighted by molar-refractivity contribution is -0.137. The van der Waals surface area contributed by atoms with E-state index in [0.29, 0.717) is 11.5 Å². The molecule has 29 heavy (non-hydrogen) atoms. The highest BCUT2D eigenvalue weighted by Gasteiger charge is 2.31. The Kier molecular flexibility index (Phi) is 5.21. The summed E-state index contributed by atoms with van der Waals surface area (Å²) in [5, 5.41) is 0. The van der Waals surface area contributed by atoms with Gasteiger partial charge in [-0.15, -0.1) is 0 Å². The fourth-order valence-corrected chi connectivity index (χ4v) is 4.27. The molecule has 3 nitrogen and oxygen atoms in total. The van der Waals surface area contributed by atoms with Gasteiger partial charge in [0.2, 0.25) is 0 Å². The minimum absolute atomic E-state index is 0.381. The van der Waals surface area contributed by atoms with Crippen LogP contribution in [-0.4, -0.2) is 35.0 Å². The van der Waals surface area contributed by atoms with Crippen molar-refractivity contribution in [2.75, 3.05) is 20.1 Å². The van der Waals surface area contributed by atoms with Crippen LogP contribution in [0.25, 0.3) is 22.4 Å². The van der Waals surface area contributed by atoms with Crippen molar-refractivity contribution in [2.45, 2.75) is 31.9 Å². The van der Waals surface area contributed by atoms with E-state index in [2.05, 4.69) is 28.8 Å². The third-order valence-corrected chi connectivity index (χ3v) is 5.86. The van der Waals surface area contributed by atoms with E-state index in [9.17, 15) is 13.2 Å². The average Bonchev–Trinajstić information content (AvgIpc) is 3.06. The summed E-state index contributed by atoms with van der Waals surface area (Å²) in [6.45, 7) is 4.11. The van der Waals surface area contributed by atoms with Crippen LogP contribution in [0.1, 0.15) is 35.6 Å². The summed E-state index contributed by atoms with van der Waals surface area (Å²) >= 11 is 0. The van der Waals surface area contributed by atoms with Crippen molar-refractivity contribution in [3.63, 3.8) is 0 Å². The van der Waals surface area contributed by atoms with Gasteiger partial charge in [0.15, 0.2) is 0 Å². The van der Waals surface area contributed by atoms with Crippen LogP contribution in [0, 0.1) is 6.92 Å². The van der Waals surface area contributed by atoms with E-state index >= 15 is 0 Å². The number of H-pyrrole nitrogens is 1. The number of hydrogen-bond donors (Lipinski definition) is 1. The Hall–Kier alpha value is -2.60. The Bertz CT molecular complexity index is 984. The number of rotatable bonds is 3. The largest absolute Gasteiger partial charge is 0.416 e. The molecule has 1 aromatic carbocycles. The number of halogens is 3. The Morgan fingerprint density at radius 1 is 1.03 bits per heavy atom. The first kappa shape index (κ1) is 19.7. The quantitative estimate of drug-likeness (QED) is 0.596. The van der Waals surface area contributed by atoms with Crippen molar-refractivity contribution in [1.29, 1.82) is 0 Å². The van der Waals surface area contributed by atoms with Gasteiger partial charge in [-0.05, 0) is 80.9 Å². The summed E-state index contributed by atoms with van der Waals surface area (Å²) in [4.78, 5) is 9.92. The van der Waals surface area contributed by atoms with Crippen molar-refractivity contribution in [3.8, 4) is 22.4 Å². The fraction of sp³-hybridized carbons (Fsp3) is 0.348. The Labute approximate surface area is 168 Å². The second kappa shape index (κ2) is 7.67. The number of aromatic nitrogens is 2. The summed E-state index contributed by atoms with van der Waals surface area (Å²) in [5.41, 5.74) is 4.82. The molecule has 0 spiro atoms. The van der Waals surface area contributed by atoms with Gasteiger partial charge in [-0.2, -0.15) is 13.2 Å². The lowest BCUT2D eigenvalue weighted by atomic mass is 9.90. The lowest BCUT2D eigenvalue weighted by Gasteiger charge is -2.29. The maximum absolute atomic E-state index is 13.3. The van der Waals surface area contributed by atoms with Gasteiger partial charge in [0.1, 0.15) is 0 Å². The lowest BCUT2D eigenvalue weighted by Crippen LogP contribution is -2.29. The van der Waals surface area contributed by atoms with Gasteiger partial charge in [0.25, 0.3) is 0 Å². The topological polar surface area (TPSA) is 31.9 Å². The zero-order valence-electron chi connectivity index (χ0n) is 16.6. The van der Waals surface area contributed by atoms with Crippen LogP contribution in [0.3, 0.4) is 0 Å². The van der Waals surface area contributed by atoms with Gasteiger partial charge in [0.05, 0.1) is 11.3 Å². The zero-order valence-corrected chi connectivity index (χ0v) is 16.6. The normalized spacial score (nSPS) is 16.3. The molecule has 4 rings (SSSR count). The molecule has 3 aromatic rings. The van der Waals surface area contributed by atoms with Crippen LogP contribution in [0.2, 0.25) is 0 Å². The first-order valence-electron chi connectivity index (χ1n) is 9.83. The minimum Gasteiger partial charge on any atom is -0.357 e. The van der Waals surface area contributed by atoms with Crippen molar-refractivity contribution in [2.24, 2.45) is 0 Å². The van der Waals surface area contributed by atoms with Crippen molar-refractivity contribution >= 4 is 0 Å². The molecule has 1 fully saturated rings. The van der Waals surface area contributed by atoms with E-state index in [1.165, 1.54) is 12.1 Å². The van der Waals surface area contributed by atoms with Crippen LogP contribution < -0.4 is 0 Å². The number of nitrogens with zero attached hydrogens (tertiary/aromatic N) is 2. The van der Waals surface area contributed by atoms with Crippen molar-refractivity contribution in [1.82, 2.24) is 14.9 Å². The number of piperidine rings is 1. The predicted molar refractivity (Wildman–Crippen MR) is 109 cm³/mol. The molecule has 0 bridgehead atoms. The van der Waals surface area contributed by atoms with Gasteiger partial charge in [0, 0.05) is 29.6 Å². The molecule has 0 aliphatic carbocycles. The highest BCUT2D eigenvalue weighted by Crippen LogP contribution is 2.42. The monoisotopic (exact) mass is 399 g/mol. The van der Waals surface area contributed by atoms with E-state index in [1.54, 1.807) is 18.5 Å². The molecular weight excluding hydrogens is 375 g/mol. The number of likely N-dealkylation sites (tertiary alicyclic amines) is 1. The summed E-state index contributed by atoms with van der Waals surface area (Å²) in [7, 11) is 2.12. The van der Waals surface area contributed by atoms with E-state index in [4.69, 9.17) is 0 Å². The molecule has 0 atom stereocenters. The molecular formula is C23H24F3N3. The number of alkyl halides is 3. The van der Waals surface area contributed by atoms with Crippen LogP contribution in [0.4, 0.5) is 13.2 Å². The molecule has 152 valence electrons. The highest BCUT2D eigenvalue weighted by atomic mass is 19.4. The molecule has 6 heteroatoms. The standard InChI is InChI=1S/C23H24F3N3/c1-15-20(16-6-10-27-11-7-16)22(18-4-3-5-19(14-18)23(24,25)26)28-21(15)17-8-12-29(2)13-9-17/h3-7,10-11,14,17,28H,8-9,12-13H2,1-2H3. The summed E-state index contributed by atoms with van der Waals surface area (Å²) in [6, 6.07) is 9.37. The highest BCUT2D eigenvalue weighted by molar-refractivity contribution is 5.85. The fourth-order valence-electron chi connectivity index (χ4n) is 4.27. The number of pyridine rings is 1. The van der Waals surface area contributed by atoms with Crippen molar-refractivity contribution < 1.29 is 13.2 Å². The first-order valence-corrected chi connectivity index (χ1v) is 9.83. The van der Waals surface area contributed by atoms with Crippen LogP contribution >= 0.6 is 0 Å². The Morgan fingerprint density at radius 2 is 1.72 bits per heavy atom. The third kappa shape index (κ3) is 3.94. The maximum Gasteiger partial charge on any atom is 0.416 e. The molecule has 1 saturated heterocycles. The molecule has 1 N–H and O–H groups in total. The second-order valence-corrected chi connectivity index (χ2v) is 7.81. The van der Waals surface area contributed by atoms with E-state index in [1.807, 2.05) is 12.1 Å². The summed E-state index contributed by atoms with van der Waals surface area (Å²) in [5.74, 6) is 0.381. The van der Waals surface area contributed by atoms with Crippen LogP contribution in [0.5, 0.6) is 0 Å². The number of aromatic amines is 1. The molecule has 0 amide bonds. The van der Waals surface area contributed by atoms with Gasteiger partial charge in [-0.1, -0.05) is 12.1 Å². The number of benzene rings is 1. The van der Waals surface area contributed by atoms with Crippen LogP contribution in [-0.2, 0) is 6.18 Å². The molecule has 0 radical (unpaired) electrons. The molecule has 3 heterocycles. The molecule has 0 saturated carbocycles. The zero-order chi connectivity index (χ0) is 20.6. The number of hydrogen-bond acceptors (Lipinski definition) is 2. The van der Waals surface area contributed by atoms with Crippen molar-refractivity contribution in [3.05, 3.63) is 65.6 Å². The van der Waals surface area contributed by atoms with Gasteiger partial charge in [-0.3, -0.25) is 4.98 Å². The molecule has 1 aliphatic rings. The first-order chi connectivity index (χ1) is 13.8. The maximum atomic E-state index is 13.3. The van der Waals surface area contributed by atoms with Gasteiger partial charge in [-0.25, -0.2) is 0 Å². The van der Waals surface area contributed by atoms with Crippen LogP contribution in [0.15, 0.2) is 48.8 Å². The number of nitrogens with one attached hydrogen (secondary N) is 1. The van der Waals surface area contributed by atoms with E-state index in [0.717, 1.165) is 60.1 Å². The second-order valence-electron chi connectivity index (χ2n) is 7.81. The van der Waals surface area contributed by atoms with E-state index in [-0.39, 0.29) is 0 Å². The molecule has 0 unspecified atom stereocenters. The van der Waals surface area contributed by atoms with Gasteiger partial charge < -0.3 is 9.88 Å². The minimum atomic E-state index is -4.37. The van der Waals surface area contributed by atoms with E-state index < -0.39 is 11.7 Å². The Morgan fingerprint density at radius 3 is 2.38 bits per heavy atom. The SMILES string of the molecule is Cc1c(C2CCN(C)CC2)[nH]c(-c2cccc(C(F)(F)F)c2)c1-c1ccncc1. The molecule has 1 aliphatic heterocycles. The third-order valence-electron chi connectivity index (χ3n) is 5.86. The summed E-state index contributed by atoms with van der Waals surface area (Å²) < 4.78 is 39.9. The predicted octanol–water partition coefficient (Wildman–Crippen LogP) is 5.88. The molecule has 2 aromatic heterocycles. The smallest absolute Gasteiger partial charge is 0.357 e. The summed E-state index contributed by atoms with van der Waals surface area (Å²) in [6.07, 6.45) is 1.14. The average molecular weight is 399 g/mol. The van der Waals surface area contributed by atoms with Gasteiger partial charge >= 0.3 is 6.18 Å². The Balaban J connectivity index is 1.86.